The number of hydrogen-bond donors (Lipinski definition) is 1. The Morgan fingerprint density at radius 1 is 1.29 bits per heavy atom. The molecule has 0 unspecified atom stereocenters. The Bertz CT molecular complexity index is 975. The van der Waals surface area contributed by atoms with Gasteiger partial charge in [-0.25, -0.2) is 13.8 Å². The van der Waals surface area contributed by atoms with Crippen LogP contribution in [-0.4, -0.2) is 23.1 Å². The van der Waals surface area contributed by atoms with Gasteiger partial charge in [-0.15, -0.1) is 22.7 Å². The van der Waals surface area contributed by atoms with Gasteiger partial charge in [-0.05, 0) is 44.6 Å². The minimum absolute atomic E-state index is 0.193. The van der Waals surface area contributed by atoms with Crippen LogP contribution < -0.4 is 5.32 Å². The number of alkyl halides is 2. The SMILES string of the molecule is Cc1csc(-c2c(NC(=O)C3=C(C=O)CCCC3)sc3c2CCC(F)(F)C3)n1. The Morgan fingerprint density at radius 2 is 2.07 bits per heavy atom. The molecule has 2 aromatic rings. The molecule has 0 atom stereocenters. The predicted octanol–water partition coefficient (Wildman–Crippen LogP) is 5.31. The van der Waals surface area contributed by atoms with Crippen LogP contribution in [0, 0.1) is 6.92 Å². The van der Waals surface area contributed by atoms with Crippen LogP contribution in [0.5, 0.6) is 0 Å². The second-order valence-electron chi connectivity index (χ2n) is 7.32. The van der Waals surface area contributed by atoms with Crippen molar-refractivity contribution in [2.75, 3.05) is 5.32 Å². The van der Waals surface area contributed by atoms with E-state index in [0.29, 0.717) is 33.9 Å². The number of aromatic nitrogens is 1. The summed E-state index contributed by atoms with van der Waals surface area (Å²) in [6, 6.07) is 0. The smallest absolute Gasteiger partial charge is 0.253 e. The number of aryl methyl sites for hydroxylation is 1. The molecule has 1 N–H and O–H groups in total. The molecule has 1 amide bonds. The standard InChI is InChI=1S/C20H20F2N2O2S2/c1-11-10-27-18(23-11)16-14-6-7-20(21,22)8-15(14)28-19(16)24-17(26)13-5-3-2-4-12(13)9-25/h9-10H,2-8H2,1H3,(H,24,26). The van der Waals surface area contributed by atoms with E-state index in [1.807, 2.05) is 12.3 Å². The number of thiazole rings is 1. The van der Waals surface area contributed by atoms with E-state index in [-0.39, 0.29) is 25.2 Å². The molecule has 2 aliphatic rings. The van der Waals surface area contributed by atoms with Gasteiger partial charge in [0.15, 0.2) is 0 Å². The lowest BCUT2D eigenvalue weighted by Gasteiger charge is -2.21. The van der Waals surface area contributed by atoms with Crippen LogP contribution >= 0.6 is 22.7 Å². The molecule has 2 heterocycles. The highest BCUT2D eigenvalue weighted by atomic mass is 32.1. The normalized spacial score (nSPS) is 18.7. The highest BCUT2D eigenvalue weighted by Gasteiger charge is 2.38. The molecule has 2 aliphatic carbocycles. The maximum absolute atomic E-state index is 13.9. The van der Waals surface area contributed by atoms with E-state index >= 15 is 0 Å². The Labute approximate surface area is 169 Å². The van der Waals surface area contributed by atoms with Crippen LogP contribution in [0.4, 0.5) is 13.8 Å². The maximum atomic E-state index is 13.9. The van der Waals surface area contributed by atoms with Crippen molar-refractivity contribution in [3.8, 4) is 10.6 Å². The lowest BCUT2D eigenvalue weighted by Crippen LogP contribution is -2.24. The number of rotatable bonds is 4. The maximum Gasteiger partial charge on any atom is 0.253 e. The van der Waals surface area contributed by atoms with Gasteiger partial charge in [-0.1, -0.05) is 0 Å². The minimum atomic E-state index is -2.72. The summed E-state index contributed by atoms with van der Waals surface area (Å²) in [4.78, 5) is 29.3. The molecule has 0 saturated carbocycles. The first-order valence-corrected chi connectivity index (χ1v) is 11.0. The number of carbonyl (C=O) groups is 2. The van der Waals surface area contributed by atoms with Gasteiger partial charge in [0.25, 0.3) is 11.8 Å². The van der Waals surface area contributed by atoms with E-state index in [9.17, 15) is 18.4 Å². The Balaban J connectivity index is 1.74. The van der Waals surface area contributed by atoms with Gasteiger partial charge in [-0.3, -0.25) is 9.59 Å². The number of thiophene rings is 1. The van der Waals surface area contributed by atoms with Crippen molar-refractivity contribution >= 4 is 39.9 Å². The van der Waals surface area contributed by atoms with Crippen molar-refractivity contribution in [3.63, 3.8) is 0 Å². The first-order valence-electron chi connectivity index (χ1n) is 9.31. The molecule has 0 fully saturated rings. The number of hydrogen-bond acceptors (Lipinski definition) is 5. The van der Waals surface area contributed by atoms with Crippen molar-refractivity contribution in [1.29, 1.82) is 0 Å². The van der Waals surface area contributed by atoms with E-state index in [2.05, 4.69) is 10.3 Å². The Hall–Kier alpha value is -1.93. The third-order valence-corrected chi connectivity index (χ3v) is 7.36. The van der Waals surface area contributed by atoms with E-state index < -0.39 is 5.92 Å². The summed E-state index contributed by atoms with van der Waals surface area (Å²) in [5.74, 6) is -3.02. The van der Waals surface area contributed by atoms with Gasteiger partial charge >= 0.3 is 0 Å². The van der Waals surface area contributed by atoms with Crippen molar-refractivity contribution in [2.45, 2.75) is 57.8 Å². The van der Waals surface area contributed by atoms with E-state index in [0.717, 1.165) is 41.0 Å². The average Bonchev–Trinajstić information content (AvgIpc) is 3.23. The number of carbonyl (C=O) groups excluding carboxylic acids is 2. The molecule has 2 aromatic heterocycles. The minimum Gasteiger partial charge on any atom is -0.313 e. The van der Waals surface area contributed by atoms with Gasteiger partial charge in [0.05, 0.1) is 0 Å². The monoisotopic (exact) mass is 422 g/mol. The van der Waals surface area contributed by atoms with Crippen molar-refractivity contribution < 1.29 is 18.4 Å². The molecular formula is C20H20F2N2O2S2. The highest BCUT2D eigenvalue weighted by molar-refractivity contribution is 7.18. The number of halogens is 2. The summed E-state index contributed by atoms with van der Waals surface area (Å²) in [5.41, 5.74) is 3.55. The predicted molar refractivity (Wildman–Crippen MR) is 107 cm³/mol. The summed E-state index contributed by atoms with van der Waals surface area (Å²) in [6.07, 6.45) is 3.48. The van der Waals surface area contributed by atoms with Gasteiger partial charge in [0.2, 0.25) is 0 Å². The molecule has 148 valence electrons. The zero-order valence-electron chi connectivity index (χ0n) is 15.4. The van der Waals surface area contributed by atoms with Gasteiger partial charge < -0.3 is 5.32 Å². The molecule has 0 spiro atoms. The number of nitrogens with one attached hydrogen (secondary N) is 1. The summed E-state index contributed by atoms with van der Waals surface area (Å²) in [7, 11) is 0. The zero-order valence-corrected chi connectivity index (χ0v) is 17.1. The molecular weight excluding hydrogens is 402 g/mol. The van der Waals surface area contributed by atoms with Crippen LogP contribution in [-0.2, 0) is 22.4 Å². The number of aldehydes is 1. The largest absolute Gasteiger partial charge is 0.313 e. The second kappa shape index (κ2) is 7.48. The lowest BCUT2D eigenvalue weighted by atomic mass is 9.91. The van der Waals surface area contributed by atoms with Crippen LogP contribution in [0.1, 0.15) is 48.2 Å². The van der Waals surface area contributed by atoms with Gasteiger partial charge in [0.1, 0.15) is 16.3 Å². The Morgan fingerprint density at radius 3 is 2.79 bits per heavy atom. The molecule has 0 bridgehead atoms. The fourth-order valence-corrected chi connectivity index (χ4v) is 6.09. The summed E-state index contributed by atoms with van der Waals surface area (Å²) < 4.78 is 27.9. The quantitative estimate of drug-likeness (QED) is 0.679. The zero-order chi connectivity index (χ0) is 19.9. The topological polar surface area (TPSA) is 59.1 Å². The number of anilines is 1. The third kappa shape index (κ3) is 3.67. The van der Waals surface area contributed by atoms with Crippen molar-refractivity contribution in [2.24, 2.45) is 0 Å². The molecule has 0 aromatic carbocycles. The molecule has 0 radical (unpaired) electrons. The Kier molecular flexibility index (Phi) is 5.18. The summed E-state index contributed by atoms with van der Waals surface area (Å²) >= 11 is 2.66. The van der Waals surface area contributed by atoms with Gasteiger partial charge in [-0.2, -0.15) is 0 Å². The lowest BCUT2D eigenvalue weighted by molar-refractivity contribution is -0.113. The summed E-state index contributed by atoms with van der Waals surface area (Å²) in [6.45, 7) is 1.88. The van der Waals surface area contributed by atoms with Crippen LogP contribution in [0.15, 0.2) is 16.5 Å². The van der Waals surface area contributed by atoms with Crippen LogP contribution in [0.25, 0.3) is 10.6 Å². The first-order chi connectivity index (χ1) is 13.4. The van der Waals surface area contributed by atoms with E-state index in [1.54, 1.807) is 0 Å². The van der Waals surface area contributed by atoms with Crippen molar-refractivity contribution in [3.05, 3.63) is 32.7 Å². The number of amides is 1. The number of allylic oxidation sites excluding steroid dienone is 1. The van der Waals surface area contributed by atoms with E-state index in [4.69, 9.17) is 0 Å². The number of nitrogens with zero attached hydrogens (tertiary/aromatic N) is 1. The summed E-state index contributed by atoms with van der Waals surface area (Å²) in [5, 5.41) is 6.13. The molecule has 4 rings (SSSR count). The highest BCUT2D eigenvalue weighted by Crippen LogP contribution is 2.48. The molecule has 0 aliphatic heterocycles. The van der Waals surface area contributed by atoms with E-state index in [1.165, 1.54) is 22.7 Å². The fraction of sp³-hybridized carbons (Fsp3) is 0.450. The molecule has 8 heteroatoms. The van der Waals surface area contributed by atoms with Crippen LogP contribution in [0.3, 0.4) is 0 Å². The third-order valence-electron chi connectivity index (χ3n) is 5.24. The molecule has 28 heavy (non-hydrogen) atoms. The second-order valence-corrected chi connectivity index (χ2v) is 9.28. The first kappa shape index (κ1) is 19.4. The van der Waals surface area contributed by atoms with Crippen LogP contribution in [0.2, 0.25) is 0 Å². The van der Waals surface area contributed by atoms with Crippen molar-refractivity contribution in [1.82, 2.24) is 4.98 Å². The van der Waals surface area contributed by atoms with Gasteiger partial charge in [0, 0.05) is 45.5 Å². The average molecular weight is 423 g/mol. The number of fused-ring (bicyclic) bond motifs is 1. The molecule has 4 nitrogen and oxygen atoms in total. The fourth-order valence-electron chi connectivity index (χ4n) is 3.83. The molecule has 0 saturated heterocycles.